The third-order valence-electron chi connectivity index (χ3n) is 9.85. The first-order valence-electron chi connectivity index (χ1n) is 16.5. The van der Waals surface area contributed by atoms with Crippen molar-refractivity contribution in [2.24, 2.45) is 22.7 Å². The molecule has 3 fully saturated rings. The van der Waals surface area contributed by atoms with Crippen LogP contribution in [0.5, 0.6) is 0 Å². The van der Waals surface area contributed by atoms with Crippen LogP contribution >= 0.6 is 0 Å². The number of rotatable bonds is 13. The van der Waals surface area contributed by atoms with E-state index in [-0.39, 0.29) is 29.4 Å². The Bertz CT molecular complexity index is 1250. The lowest BCUT2D eigenvalue weighted by atomic mass is 9.83. The molecule has 2 saturated carbocycles. The van der Waals surface area contributed by atoms with E-state index >= 15 is 0 Å². The van der Waals surface area contributed by atoms with Crippen LogP contribution < -0.4 is 21.3 Å². The second kappa shape index (κ2) is 14.0. The Labute approximate surface area is 268 Å². The van der Waals surface area contributed by atoms with Gasteiger partial charge in [0.05, 0.1) is 17.3 Å². The Morgan fingerprint density at radius 3 is 2.11 bits per heavy atom. The van der Waals surface area contributed by atoms with Crippen molar-refractivity contribution in [3.63, 3.8) is 0 Å². The molecule has 13 heteroatoms. The van der Waals surface area contributed by atoms with Gasteiger partial charge < -0.3 is 26.2 Å². The van der Waals surface area contributed by atoms with Crippen molar-refractivity contribution in [3.05, 3.63) is 0 Å². The molecule has 256 valence electrons. The molecule has 1 aliphatic heterocycles. The lowest BCUT2D eigenvalue weighted by molar-refractivity contribution is -0.145. The summed E-state index contributed by atoms with van der Waals surface area (Å²) in [6.45, 7) is 14.0. The Morgan fingerprint density at radius 1 is 0.956 bits per heavy atom. The summed E-state index contributed by atoms with van der Waals surface area (Å²) >= 11 is 0. The first-order valence-corrected chi connectivity index (χ1v) is 18.5. The van der Waals surface area contributed by atoms with Gasteiger partial charge in [-0.15, -0.1) is 0 Å². The number of nitrogens with one attached hydrogen (secondary N) is 4. The van der Waals surface area contributed by atoms with E-state index in [4.69, 9.17) is 0 Å². The zero-order valence-corrected chi connectivity index (χ0v) is 29.2. The summed E-state index contributed by atoms with van der Waals surface area (Å²) in [4.78, 5) is 68.6. The summed E-state index contributed by atoms with van der Waals surface area (Å²) in [6.07, 6.45) is 6.28. The van der Waals surface area contributed by atoms with E-state index in [0.29, 0.717) is 38.8 Å². The third-order valence-corrected chi connectivity index (χ3v) is 10.9. The fourth-order valence-corrected chi connectivity index (χ4v) is 8.73. The maximum atomic E-state index is 14.3. The van der Waals surface area contributed by atoms with E-state index in [1.165, 1.54) is 4.90 Å². The minimum Gasteiger partial charge on any atom is -0.349 e. The van der Waals surface area contributed by atoms with Gasteiger partial charge in [0.25, 0.3) is 5.91 Å². The monoisotopic (exact) mass is 653 g/mol. The van der Waals surface area contributed by atoms with Crippen LogP contribution in [0, 0.1) is 22.7 Å². The average Bonchev–Trinajstić information content (AvgIpc) is 3.25. The van der Waals surface area contributed by atoms with Gasteiger partial charge in [-0.3, -0.25) is 19.2 Å². The van der Waals surface area contributed by atoms with Crippen LogP contribution in [0.15, 0.2) is 0 Å². The quantitative estimate of drug-likeness (QED) is 0.221. The van der Waals surface area contributed by atoms with Crippen LogP contribution in [-0.4, -0.2) is 91.6 Å². The average molecular weight is 654 g/mol. The van der Waals surface area contributed by atoms with E-state index in [1.54, 1.807) is 0 Å². The normalized spacial score (nSPS) is 24.9. The molecule has 2 unspecified atom stereocenters. The first kappa shape index (κ1) is 36.8. The third kappa shape index (κ3) is 8.77. The van der Waals surface area contributed by atoms with Crippen molar-refractivity contribution in [2.45, 2.75) is 123 Å². The van der Waals surface area contributed by atoms with E-state index in [0.717, 1.165) is 25.5 Å². The highest BCUT2D eigenvalue weighted by Gasteiger charge is 2.70. The number of likely N-dealkylation sites (tertiary alicyclic amines) is 1. The molecule has 45 heavy (non-hydrogen) atoms. The lowest BCUT2D eigenvalue weighted by Crippen LogP contribution is -2.63. The van der Waals surface area contributed by atoms with Gasteiger partial charge in [0.2, 0.25) is 17.6 Å². The Morgan fingerprint density at radius 2 is 1.58 bits per heavy atom. The Balaban J connectivity index is 1.83. The van der Waals surface area contributed by atoms with Crippen molar-refractivity contribution in [1.29, 1.82) is 0 Å². The van der Waals surface area contributed by atoms with Gasteiger partial charge in [-0.05, 0) is 48.3 Å². The minimum absolute atomic E-state index is 0.0695. The molecule has 5 amide bonds. The predicted molar refractivity (Wildman–Crippen MR) is 172 cm³/mol. The predicted octanol–water partition coefficient (Wildman–Crippen LogP) is 2.31. The summed E-state index contributed by atoms with van der Waals surface area (Å²) in [5, 5.41) is 11.1. The van der Waals surface area contributed by atoms with Crippen molar-refractivity contribution in [1.82, 2.24) is 26.2 Å². The van der Waals surface area contributed by atoms with E-state index in [2.05, 4.69) is 35.1 Å². The van der Waals surface area contributed by atoms with Crippen molar-refractivity contribution >= 4 is 39.4 Å². The summed E-state index contributed by atoms with van der Waals surface area (Å²) in [5.41, 5.74) is -1.84. The summed E-state index contributed by atoms with van der Waals surface area (Å²) in [6, 6.07) is -3.51. The van der Waals surface area contributed by atoms with E-state index < -0.39 is 68.5 Å². The number of fused-ring (bicyclic) bond motifs is 1. The number of amides is 5. The largest absolute Gasteiger partial charge is 0.349 e. The highest BCUT2D eigenvalue weighted by Crippen LogP contribution is 2.65. The molecule has 1 heterocycles. The van der Waals surface area contributed by atoms with Gasteiger partial charge in [-0.1, -0.05) is 74.1 Å². The van der Waals surface area contributed by atoms with Gasteiger partial charge in [-0.25, -0.2) is 13.2 Å². The Kier molecular flexibility index (Phi) is 11.4. The number of sulfone groups is 1. The highest BCUT2D eigenvalue weighted by atomic mass is 32.2. The molecule has 5 atom stereocenters. The van der Waals surface area contributed by atoms with Gasteiger partial charge in [0, 0.05) is 19.3 Å². The molecule has 3 rings (SSSR count). The van der Waals surface area contributed by atoms with Crippen LogP contribution in [0.3, 0.4) is 0 Å². The number of nitrogens with zero attached hydrogens (tertiary/aromatic N) is 1. The second-order valence-electron chi connectivity index (χ2n) is 15.2. The molecule has 2 aliphatic carbocycles. The molecular weight excluding hydrogens is 598 g/mol. The summed E-state index contributed by atoms with van der Waals surface area (Å²) in [5.74, 6) is -2.60. The SMILES string of the molecule is CCCNC(=O)C(=O)C(CCC)NC(=O)[C@@H]1C2[C@H](CN1C(=O)[C@@H](NC(=O)NC1(CS(C)(=O)=O)CCCCC1)C(C)(C)C)C2(C)C. The fraction of sp³-hybridized carbons (Fsp3) is 0.844. The van der Waals surface area contributed by atoms with Crippen molar-refractivity contribution in [3.8, 4) is 0 Å². The molecule has 0 radical (unpaired) electrons. The van der Waals surface area contributed by atoms with Crippen molar-refractivity contribution in [2.75, 3.05) is 25.1 Å². The number of ketones is 1. The maximum Gasteiger partial charge on any atom is 0.315 e. The molecule has 0 bridgehead atoms. The van der Waals surface area contributed by atoms with Crippen LogP contribution in [-0.2, 0) is 29.0 Å². The van der Waals surface area contributed by atoms with Crippen molar-refractivity contribution < 1.29 is 32.4 Å². The van der Waals surface area contributed by atoms with Gasteiger partial charge in [-0.2, -0.15) is 0 Å². The number of hydrogen-bond acceptors (Lipinski definition) is 7. The fourth-order valence-electron chi connectivity index (χ4n) is 7.37. The molecule has 4 N–H and O–H groups in total. The topological polar surface area (TPSA) is 171 Å². The van der Waals surface area contributed by atoms with E-state index in [1.807, 2.05) is 34.6 Å². The number of urea groups is 1. The van der Waals surface area contributed by atoms with Gasteiger partial charge in [0.1, 0.15) is 21.9 Å². The smallest absolute Gasteiger partial charge is 0.315 e. The minimum atomic E-state index is -3.39. The molecule has 0 aromatic heterocycles. The number of carbonyl (C=O) groups is 5. The number of piperidine rings is 1. The molecule has 0 aromatic carbocycles. The maximum absolute atomic E-state index is 14.3. The van der Waals surface area contributed by atoms with Crippen LogP contribution in [0.25, 0.3) is 0 Å². The highest BCUT2D eigenvalue weighted by molar-refractivity contribution is 7.90. The summed E-state index contributed by atoms with van der Waals surface area (Å²) in [7, 11) is -3.39. The first-order chi connectivity index (χ1) is 20.8. The molecular formula is C32H55N5O7S. The zero-order valence-electron chi connectivity index (χ0n) is 28.4. The van der Waals surface area contributed by atoms with Crippen LogP contribution in [0.4, 0.5) is 4.79 Å². The molecule has 12 nitrogen and oxygen atoms in total. The lowest BCUT2D eigenvalue weighted by Gasteiger charge is -2.40. The Hall–Kier alpha value is -2.70. The van der Waals surface area contributed by atoms with E-state index in [9.17, 15) is 32.4 Å². The molecule has 0 aromatic rings. The van der Waals surface area contributed by atoms with Crippen LogP contribution in [0.2, 0.25) is 0 Å². The van der Waals surface area contributed by atoms with Gasteiger partial charge in [0.15, 0.2) is 0 Å². The number of Topliss-reactive ketones (excluding diaryl/α,β-unsaturated/α-hetero) is 1. The molecule has 3 aliphatic rings. The van der Waals surface area contributed by atoms with Gasteiger partial charge >= 0.3 is 6.03 Å². The molecule has 1 saturated heterocycles. The summed E-state index contributed by atoms with van der Waals surface area (Å²) < 4.78 is 24.5. The number of carbonyl (C=O) groups excluding carboxylic acids is 5. The standard InChI is InChI=1S/C32H55N5O7S/c1-9-14-21(24(38)27(40)33-17-10-2)34-26(39)23-22-20(31(22,6)7)18-37(23)28(41)25(30(3,4)5)35-29(42)36-32(19-45(8,43)44)15-12-11-13-16-32/h20-23,25H,9-19H2,1-8H3,(H,33,40)(H,34,39)(H2,35,36,42)/t20-,21?,22?,23-,25+/m0/s1. The zero-order chi connectivity index (χ0) is 34.0. The van der Waals surface area contributed by atoms with Crippen LogP contribution in [0.1, 0.15) is 99.8 Å². The number of hydrogen-bond donors (Lipinski definition) is 4. The second-order valence-corrected chi connectivity index (χ2v) is 17.3. The molecule has 0 spiro atoms.